The second-order valence-electron chi connectivity index (χ2n) is 4.71. The molecule has 1 atom stereocenters. The number of hydrogen-bond acceptors (Lipinski definition) is 4. The third kappa shape index (κ3) is 2.87. The van der Waals surface area contributed by atoms with Gasteiger partial charge in [-0.25, -0.2) is 0 Å². The number of hydrogen-bond donors (Lipinski definition) is 2. The topological polar surface area (TPSA) is 71.8 Å². The second-order valence-corrected chi connectivity index (χ2v) is 4.71. The van der Waals surface area contributed by atoms with Gasteiger partial charge in [-0.05, 0) is 6.42 Å². The van der Waals surface area contributed by atoms with Gasteiger partial charge in [0.05, 0.1) is 6.54 Å². The van der Waals surface area contributed by atoms with Crippen LogP contribution < -0.4 is 10.6 Å². The van der Waals surface area contributed by atoms with Gasteiger partial charge in [0.1, 0.15) is 5.82 Å². The van der Waals surface area contributed by atoms with Gasteiger partial charge >= 0.3 is 0 Å². The third-order valence-electron chi connectivity index (χ3n) is 3.42. The summed E-state index contributed by atoms with van der Waals surface area (Å²) < 4.78 is 2.11. The van der Waals surface area contributed by atoms with Crippen molar-refractivity contribution in [1.29, 1.82) is 0 Å². The molecule has 1 amide bonds. The van der Waals surface area contributed by atoms with Crippen LogP contribution in [0.15, 0.2) is 0 Å². The van der Waals surface area contributed by atoms with Crippen molar-refractivity contribution in [2.24, 2.45) is 5.92 Å². The number of carbonyl (C=O) groups excluding carboxylic acids is 1. The van der Waals surface area contributed by atoms with Crippen molar-refractivity contribution in [3.8, 4) is 0 Å². The Morgan fingerprint density at radius 1 is 1.50 bits per heavy atom. The van der Waals surface area contributed by atoms with Crippen molar-refractivity contribution in [2.75, 3.05) is 13.1 Å². The molecule has 0 radical (unpaired) electrons. The first kappa shape index (κ1) is 13.0. The van der Waals surface area contributed by atoms with Crippen LogP contribution in [0.5, 0.6) is 0 Å². The van der Waals surface area contributed by atoms with Gasteiger partial charge in [0, 0.05) is 32.0 Å². The number of nitrogens with zero attached hydrogens (tertiary/aromatic N) is 3. The maximum absolute atomic E-state index is 11.7. The lowest BCUT2D eigenvalue weighted by molar-refractivity contribution is -0.124. The molecular formula is C12H21N5O. The maximum atomic E-state index is 11.7. The lowest BCUT2D eigenvalue weighted by atomic mass is 10.1. The predicted molar refractivity (Wildman–Crippen MR) is 67.9 cm³/mol. The molecule has 0 aliphatic carbocycles. The Morgan fingerprint density at radius 3 is 3.11 bits per heavy atom. The predicted octanol–water partition coefficient (Wildman–Crippen LogP) is 0.0861. The highest BCUT2D eigenvalue weighted by Crippen LogP contribution is 2.06. The number of nitrogens with one attached hydrogen (secondary N) is 2. The fourth-order valence-electron chi connectivity index (χ4n) is 1.99. The van der Waals surface area contributed by atoms with Crippen LogP contribution in [0.1, 0.15) is 31.9 Å². The zero-order chi connectivity index (χ0) is 13.0. The maximum Gasteiger partial charge on any atom is 0.223 e. The lowest BCUT2D eigenvalue weighted by Gasteiger charge is -2.10. The van der Waals surface area contributed by atoms with E-state index in [1.54, 1.807) is 0 Å². The van der Waals surface area contributed by atoms with Crippen molar-refractivity contribution in [1.82, 2.24) is 25.4 Å². The first-order valence-corrected chi connectivity index (χ1v) is 6.61. The van der Waals surface area contributed by atoms with E-state index in [1.165, 1.54) is 0 Å². The van der Waals surface area contributed by atoms with Crippen LogP contribution in [-0.2, 0) is 24.3 Å². The molecule has 2 rings (SSSR count). The highest BCUT2D eigenvalue weighted by molar-refractivity contribution is 5.78. The first-order valence-electron chi connectivity index (χ1n) is 6.61. The van der Waals surface area contributed by atoms with Crippen LogP contribution in [0, 0.1) is 5.92 Å². The van der Waals surface area contributed by atoms with E-state index in [9.17, 15) is 4.79 Å². The third-order valence-corrected chi connectivity index (χ3v) is 3.42. The van der Waals surface area contributed by atoms with Crippen molar-refractivity contribution < 1.29 is 4.79 Å². The Labute approximate surface area is 107 Å². The highest BCUT2D eigenvalue weighted by Gasteiger charge is 2.16. The summed E-state index contributed by atoms with van der Waals surface area (Å²) in [4.78, 5) is 11.7. The van der Waals surface area contributed by atoms with E-state index in [2.05, 4.69) is 25.4 Å². The van der Waals surface area contributed by atoms with Crippen molar-refractivity contribution >= 4 is 5.91 Å². The molecule has 1 aliphatic heterocycles. The van der Waals surface area contributed by atoms with Crippen LogP contribution in [0.4, 0.5) is 0 Å². The first-order chi connectivity index (χ1) is 8.72. The van der Waals surface area contributed by atoms with E-state index in [-0.39, 0.29) is 11.8 Å². The molecule has 0 aromatic carbocycles. The van der Waals surface area contributed by atoms with Gasteiger partial charge in [-0.15, -0.1) is 10.2 Å². The average Bonchev–Trinajstić information content (AvgIpc) is 2.62. The van der Waals surface area contributed by atoms with Crippen LogP contribution in [-0.4, -0.2) is 33.8 Å². The molecule has 0 unspecified atom stereocenters. The smallest absolute Gasteiger partial charge is 0.223 e. The molecule has 6 heteroatoms. The molecule has 2 heterocycles. The standard InChI is InChI=1S/C12H21N5O/c1-3-9(2)12(18)14-8-11-16-15-10-4-5-13-6-7-17(10)11/h9,13H,3-8H2,1-2H3,(H,14,18)/t9-/m0/s1. The van der Waals surface area contributed by atoms with Gasteiger partial charge in [-0.1, -0.05) is 13.8 Å². The van der Waals surface area contributed by atoms with E-state index >= 15 is 0 Å². The van der Waals surface area contributed by atoms with E-state index in [1.807, 2.05) is 13.8 Å². The normalized spacial score (nSPS) is 16.8. The fourth-order valence-corrected chi connectivity index (χ4v) is 1.99. The SMILES string of the molecule is CC[C@H](C)C(=O)NCc1nnc2n1CCNCC2. The van der Waals surface area contributed by atoms with E-state index < -0.39 is 0 Å². The van der Waals surface area contributed by atoms with Gasteiger partial charge in [0.15, 0.2) is 5.82 Å². The van der Waals surface area contributed by atoms with Gasteiger partial charge in [0.25, 0.3) is 0 Å². The Kier molecular flexibility index (Phi) is 4.30. The number of amides is 1. The van der Waals surface area contributed by atoms with Gasteiger partial charge in [0.2, 0.25) is 5.91 Å². The molecule has 100 valence electrons. The minimum Gasteiger partial charge on any atom is -0.349 e. The molecular weight excluding hydrogens is 230 g/mol. The van der Waals surface area contributed by atoms with Crippen LogP contribution in [0.25, 0.3) is 0 Å². The monoisotopic (exact) mass is 251 g/mol. The number of fused-ring (bicyclic) bond motifs is 1. The molecule has 0 spiro atoms. The summed E-state index contributed by atoms with van der Waals surface area (Å²) in [7, 11) is 0. The van der Waals surface area contributed by atoms with E-state index in [0.29, 0.717) is 6.54 Å². The lowest BCUT2D eigenvalue weighted by Crippen LogP contribution is -2.30. The van der Waals surface area contributed by atoms with Crippen LogP contribution in [0.3, 0.4) is 0 Å². The minimum atomic E-state index is 0.0539. The van der Waals surface area contributed by atoms with Crippen LogP contribution >= 0.6 is 0 Å². The molecule has 0 saturated heterocycles. The zero-order valence-electron chi connectivity index (χ0n) is 11.1. The minimum absolute atomic E-state index is 0.0539. The molecule has 0 fully saturated rings. The Morgan fingerprint density at radius 2 is 2.33 bits per heavy atom. The van der Waals surface area contributed by atoms with Gasteiger partial charge < -0.3 is 15.2 Å². The largest absolute Gasteiger partial charge is 0.349 e. The number of rotatable bonds is 4. The molecule has 6 nitrogen and oxygen atoms in total. The van der Waals surface area contributed by atoms with E-state index in [0.717, 1.165) is 44.1 Å². The quantitative estimate of drug-likeness (QED) is 0.795. The molecule has 0 bridgehead atoms. The summed E-state index contributed by atoms with van der Waals surface area (Å²) in [5.74, 6) is 2.00. The summed E-state index contributed by atoms with van der Waals surface area (Å²) in [6.45, 7) is 7.16. The summed E-state index contributed by atoms with van der Waals surface area (Å²) >= 11 is 0. The molecule has 2 N–H and O–H groups in total. The molecule has 1 aliphatic rings. The summed E-state index contributed by atoms with van der Waals surface area (Å²) in [5.41, 5.74) is 0. The second kappa shape index (κ2) is 5.95. The number of carbonyl (C=O) groups is 1. The van der Waals surface area contributed by atoms with Crippen LogP contribution in [0.2, 0.25) is 0 Å². The van der Waals surface area contributed by atoms with Crippen molar-refractivity contribution in [3.63, 3.8) is 0 Å². The Bertz CT molecular complexity index is 415. The summed E-state index contributed by atoms with van der Waals surface area (Å²) in [6.07, 6.45) is 1.75. The van der Waals surface area contributed by atoms with Gasteiger partial charge in [-0.3, -0.25) is 4.79 Å². The van der Waals surface area contributed by atoms with Crippen molar-refractivity contribution in [2.45, 2.75) is 39.8 Å². The van der Waals surface area contributed by atoms with Gasteiger partial charge in [-0.2, -0.15) is 0 Å². The van der Waals surface area contributed by atoms with E-state index in [4.69, 9.17) is 0 Å². The molecule has 0 saturated carbocycles. The fraction of sp³-hybridized carbons (Fsp3) is 0.750. The summed E-state index contributed by atoms with van der Waals surface area (Å²) in [6, 6.07) is 0. The molecule has 1 aromatic heterocycles. The van der Waals surface area contributed by atoms with Crippen molar-refractivity contribution in [3.05, 3.63) is 11.6 Å². The number of aromatic nitrogens is 3. The summed E-state index contributed by atoms with van der Waals surface area (Å²) in [5, 5.41) is 14.6. The zero-order valence-corrected chi connectivity index (χ0v) is 11.1. The highest BCUT2D eigenvalue weighted by atomic mass is 16.1. The molecule has 1 aromatic rings. The Balaban J connectivity index is 1.98. The average molecular weight is 251 g/mol. The Hall–Kier alpha value is -1.43. The molecule has 18 heavy (non-hydrogen) atoms.